The van der Waals surface area contributed by atoms with E-state index in [1.54, 1.807) is 19.1 Å². The minimum absolute atomic E-state index is 0.111. The van der Waals surface area contributed by atoms with E-state index in [-0.39, 0.29) is 11.7 Å². The lowest BCUT2D eigenvalue weighted by atomic mass is 9.95. The van der Waals surface area contributed by atoms with Crippen molar-refractivity contribution in [2.45, 2.75) is 33.1 Å². The van der Waals surface area contributed by atoms with Crippen LogP contribution in [-0.4, -0.2) is 11.1 Å². The summed E-state index contributed by atoms with van der Waals surface area (Å²) in [6.45, 7) is 5.49. The fraction of sp³-hybridized carbons (Fsp3) is 0.462. The first-order valence-corrected chi connectivity index (χ1v) is 5.43. The summed E-state index contributed by atoms with van der Waals surface area (Å²) in [5.41, 5.74) is 1.52. The Kier molecular flexibility index (Phi) is 4.05. The summed E-state index contributed by atoms with van der Waals surface area (Å²) in [6, 6.07) is 4.83. The molecule has 0 aliphatic carbocycles. The minimum Gasteiger partial charge on any atom is -0.481 e. The SMILES string of the molecule is CC(Cc1ccc(F)c(C(C)C)c1)C(=O)O. The van der Waals surface area contributed by atoms with Crippen molar-refractivity contribution in [1.29, 1.82) is 0 Å². The molecule has 0 fully saturated rings. The van der Waals surface area contributed by atoms with Crippen LogP contribution in [0.1, 0.15) is 37.8 Å². The molecule has 88 valence electrons. The molecule has 0 saturated heterocycles. The van der Waals surface area contributed by atoms with Gasteiger partial charge in [-0.2, -0.15) is 0 Å². The molecule has 0 aliphatic heterocycles. The number of carboxylic acids is 1. The van der Waals surface area contributed by atoms with Gasteiger partial charge in [-0.05, 0) is 29.5 Å². The quantitative estimate of drug-likeness (QED) is 0.852. The van der Waals surface area contributed by atoms with Gasteiger partial charge in [0.1, 0.15) is 5.82 Å². The van der Waals surface area contributed by atoms with Crippen LogP contribution in [-0.2, 0) is 11.2 Å². The van der Waals surface area contributed by atoms with Crippen molar-refractivity contribution in [3.05, 3.63) is 35.1 Å². The Labute approximate surface area is 95.1 Å². The number of rotatable bonds is 4. The highest BCUT2D eigenvalue weighted by Crippen LogP contribution is 2.21. The lowest BCUT2D eigenvalue weighted by Crippen LogP contribution is -2.12. The number of benzene rings is 1. The molecule has 0 amide bonds. The maximum Gasteiger partial charge on any atom is 0.306 e. The molecule has 0 spiro atoms. The van der Waals surface area contributed by atoms with Crippen molar-refractivity contribution in [3.8, 4) is 0 Å². The topological polar surface area (TPSA) is 37.3 Å². The first-order chi connectivity index (χ1) is 7.41. The second-order valence-corrected chi connectivity index (χ2v) is 4.45. The monoisotopic (exact) mass is 224 g/mol. The van der Waals surface area contributed by atoms with E-state index in [9.17, 15) is 9.18 Å². The van der Waals surface area contributed by atoms with Crippen LogP contribution >= 0.6 is 0 Å². The molecule has 1 aromatic carbocycles. The largest absolute Gasteiger partial charge is 0.481 e. The van der Waals surface area contributed by atoms with Crippen molar-refractivity contribution in [2.75, 3.05) is 0 Å². The molecule has 0 radical (unpaired) electrons. The van der Waals surface area contributed by atoms with Crippen molar-refractivity contribution in [2.24, 2.45) is 5.92 Å². The average Bonchev–Trinajstić information content (AvgIpc) is 2.20. The van der Waals surface area contributed by atoms with E-state index >= 15 is 0 Å². The maximum absolute atomic E-state index is 13.4. The molecule has 1 N–H and O–H groups in total. The summed E-state index contributed by atoms with van der Waals surface area (Å²) in [5.74, 6) is -1.37. The lowest BCUT2D eigenvalue weighted by Gasteiger charge is -2.11. The van der Waals surface area contributed by atoms with Gasteiger partial charge in [0.15, 0.2) is 0 Å². The van der Waals surface area contributed by atoms with Crippen LogP contribution < -0.4 is 0 Å². The van der Waals surface area contributed by atoms with Crippen LogP contribution in [0.2, 0.25) is 0 Å². The number of halogens is 1. The molecule has 0 bridgehead atoms. The van der Waals surface area contributed by atoms with Gasteiger partial charge in [-0.15, -0.1) is 0 Å². The number of hydrogen-bond acceptors (Lipinski definition) is 1. The fourth-order valence-corrected chi connectivity index (χ4v) is 1.60. The Hall–Kier alpha value is -1.38. The normalized spacial score (nSPS) is 12.8. The zero-order valence-electron chi connectivity index (χ0n) is 9.83. The van der Waals surface area contributed by atoms with E-state index < -0.39 is 11.9 Å². The minimum atomic E-state index is -0.824. The molecule has 1 aromatic rings. The lowest BCUT2D eigenvalue weighted by molar-refractivity contribution is -0.141. The van der Waals surface area contributed by atoms with Gasteiger partial charge in [0, 0.05) is 0 Å². The van der Waals surface area contributed by atoms with Gasteiger partial charge in [0.2, 0.25) is 0 Å². The molecular weight excluding hydrogens is 207 g/mol. The molecule has 1 rings (SSSR count). The van der Waals surface area contributed by atoms with E-state index in [4.69, 9.17) is 5.11 Å². The molecule has 0 saturated carbocycles. The zero-order chi connectivity index (χ0) is 12.3. The molecule has 2 nitrogen and oxygen atoms in total. The molecule has 0 heterocycles. The van der Waals surface area contributed by atoms with Crippen molar-refractivity contribution >= 4 is 5.97 Å². The van der Waals surface area contributed by atoms with Crippen LogP contribution in [0.4, 0.5) is 4.39 Å². The Bertz CT molecular complexity index is 386. The van der Waals surface area contributed by atoms with Gasteiger partial charge in [-0.3, -0.25) is 4.79 Å². The Morgan fingerprint density at radius 2 is 2.00 bits per heavy atom. The summed E-state index contributed by atoms with van der Waals surface area (Å²) in [4.78, 5) is 10.7. The number of aliphatic carboxylic acids is 1. The maximum atomic E-state index is 13.4. The fourth-order valence-electron chi connectivity index (χ4n) is 1.60. The highest BCUT2D eigenvalue weighted by atomic mass is 19.1. The van der Waals surface area contributed by atoms with Crippen LogP contribution in [0.25, 0.3) is 0 Å². The highest BCUT2D eigenvalue weighted by molar-refractivity contribution is 5.69. The Morgan fingerprint density at radius 1 is 1.38 bits per heavy atom. The van der Waals surface area contributed by atoms with Gasteiger partial charge in [-0.25, -0.2) is 4.39 Å². The second-order valence-electron chi connectivity index (χ2n) is 4.45. The summed E-state index contributed by atoms with van der Waals surface area (Å²) >= 11 is 0. The van der Waals surface area contributed by atoms with E-state index in [2.05, 4.69) is 0 Å². The van der Waals surface area contributed by atoms with E-state index in [0.29, 0.717) is 12.0 Å². The molecule has 3 heteroatoms. The number of carbonyl (C=O) groups is 1. The summed E-state index contributed by atoms with van der Waals surface area (Å²) < 4.78 is 13.4. The summed E-state index contributed by atoms with van der Waals surface area (Å²) in [5, 5.41) is 8.80. The predicted octanol–water partition coefficient (Wildman–Crippen LogP) is 3.21. The van der Waals surface area contributed by atoms with Gasteiger partial charge in [0.25, 0.3) is 0 Å². The van der Waals surface area contributed by atoms with Crippen LogP contribution in [0.5, 0.6) is 0 Å². The highest BCUT2D eigenvalue weighted by Gasteiger charge is 2.13. The average molecular weight is 224 g/mol. The van der Waals surface area contributed by atoms with Crippen molar-refractivity contribution < 1.29 is 14.3 Å². The Balaban J connectivity index is 2.91. The molecule has 16 heavy (non-hydrogen) atoms. The van der Waals surface area contributed by atoms with Gasteiger partial charge in [-0.1, -0.05) is 32.9 Å². The van der Waals surface area contributed by atoms with Gasteiger partial charge in [0.05, 0.1) is 5.92 Å². The molecule has 1 atom stereocenters. The third-order valence-corrected chi connectivity index (χ3v) is 2.65. The smallest absolute Gasteiger partial charge is 0.306 e. The van der Waals surface area contributed by atoms with Crippen molar-refractivity contribution in [3.63, 3.8) is 0 Å². The zero-order valence-corrected chi connectivity index (χ0v) is 9.83. The molecule has 1 unspecified atom stereocenters. The van der Waals surface area contributed by atoms with Crippen molar-refractivity contribution in [1.82, 2.24) is 0 Å². The Morgan fingerprint density at radius 3 is 2.50 bits per heavy atom. The molecule has 0 aromatic heterocycles. The second kappa shape index (κ2) is 5.10. The van der Waals surface area contributed by atoms with Crippen LogP contribution in [0.15, 0.2) is 18.2 Å². The van der Waals surface area contributed by atoms with E-state index in [1.165, 1.54) is 6.07 Å². The molecule has 0 aliphatic rings. The van der Waals surface area contributed by atoms with Crippen LogP contribution in [0, 0.1) is 11.7 Å². The van der Waals surface area contributed by atoms with Crippen LogP contribution in [0.3, 0.4) is 0 Å². The van der Waals surface area contributed by atoms with Gasteiger partial charge >= 0.3 is 5.97 Å². The first-order valence-electron chi connectivity index (χ1n) is 5.43. The van der Waals surface area contributed by atoms with E-state index in [1.807, 2.05) is 13.8 Å². The number of hydrogen-bond donors (Lipinski definition) is 1. The predicted molar refractivity (Wildman–Crippen MR) is 61.0 cm³/mol. The summed E-state index contributed by atoms with van der Waals surface area (Å²) in [7, 11) is 0. The third kappa shape index (κ3) is 3.05. The van der Waals surface area contributed by atoms with E-state index in [0.717, 1.165) is 5.56 Å². The number of carboxylic acid groups (broad SMARTS) is 1. The third-order valence-electron chi connectivity index (χ3n) is 2.65. The standard InChI is InChI=1S/C13H17FO2/c1-8(2)11-7-10(4-5-12(11)14)6-9(3)13(15)16/h4-5,7-9H,6H2,1-3H3,(H,15,16). The molecular formula is C13H17FO2. The summed E-state index contributed by atoms with van der Waals surface area (Å²) in [6.07, 6.45) is 0.440. The first kappa shape index (κ1) is 12.7. The van der Waals surface area contributed by atoms with Gasteiger partial charge < -0.3 is 5.11 Å².